The minimum atomic E-state index is -4.02. The summed E-state index contributed by atoms with van der Waals surface area (Å²) >= 11 is 3.48. The Morgan fingerprint density at radius 3 is 2.44 bits per heavy atom. The molecule has 180 valence electrons. The van der Waals surface area contributed by atoms with Crippen molar-refractivity contribution in [1.82, 2.24) is 24.3 Å². The van der Waals surface area contributed by atoms with Crippen LogP contribution in [0.4, 0.5) is 5.82 Å². The van der Waals surface area contributed by atoms with Gasteiger partial charge in [0, 0.05) is 28.5 Å². The molecule has 5 aromatic rings. The lowest BCUT2D eigenvalue weighted by molar-refractivity contribution is -0.108. The number of benzene rings is 2. The van der Waals surface area contributed by atoms with Crippen LogP contribution in [0.25, 0.3) is 39.3 Å². The van der Waals surface area contributed by atoms with Gasteiger partial charge in [-0.05, 0) is 40.5 Å². The first kappa shape index (κ1) is 23.6. The fourth-order valence-corrected chi connectivity index (χ4v) is 5.40. The predicted octanol–water partition coefficient (Wildman–Crippen LogP) is 4.21. The number of sulfonamides is 1. The Morgan fingerprint density at radius 2 is 1.75 bits per heavy atom. The van der Waals surface area contributed by atoms with Crippen LogP contribution >= 0.6 is 15.9 Å². The number of pyridine rings is 1. The number of halogens is 1. The number of nitrogens with zero attached hydrogens (tertiary/aromatic N) is 4. The highest BCUT2D eigenvalue weighted by Crippen LogP contribution is 2.36. The smallest absolute Gasteiger partial charge is 0.264 e. The van der Waals surface area contributed by atoms with Crippen molar-refractivity contribution in [1.29, 1.82) is 0 Å². The average molecular weight is 563 g/mol. The Morgan fingerprint density at radius 1 is 1.00 bits per heavy atom. The number of fused-ring (bicyclic) bond motifs is 1. The van der Waals surface area contributed by atoms with Gasteiger partial charge in [0.25, 0.3) is 10.0 Å². The van der Waals surface area contributed by atoms with Gasteiger partial charge in [0.2, 0.25) is 6.41 Å². The zero-order valence-corrected chi connectivity index (χ0v) is 21.3. The molecule has 0 spiro atoms. The number of aromatic nitrogens is 4. The second-order valence-electron chi connectivity index (χ2n) is 7.97. The van der Waals surface area contributed by atoms with Crippen molar-refractivity contribution < 1.29 is 13.2 Å². The fourth-order valence-electron chi connectivity index (χ4n) is 3.89. The van der Waals surface area contributed by atoms with Crippen molar-refractivity contribution in [2.45, 2.75) is 11.8 Å². The highest BCUT2D eigenvalue weighted by atomic mass is 79.9. The van der Waals surface area contributed by atoms with Crippen molar-refractivity contribution in [2.24, 2.45) is 0 Å². The summed E-state index contributed by atoms with van der Waals surface area (Å²) in [4.78, 5) is 20.1. The third kappa shape index (κ3) is 4.12. The number of carbonyl (C=O) groups excluding carboxylic acids is 1. The molecule has 0 atom stereocenters. The second kappa shape index (κ2) is 9.17. The molecule has 36 heavy (non-hydrogen) atoms. The number of nitrogens with two attached hydrogens (primary N) is 1. The van der Waals surface area contributed by atoms with Crippen LogP contribution in [-0.2, 0) is 14.8 Å². The van der Waals surface area contributed by atoms with Gasteiger partial charge >= 0.3 is 0 Å². The van der Waals surface area contributed by atoms with E-state index in [1.165, 1.54) is 10.6 Å². The van der Waals surface area contributed by atoms with E-state index in [1.807, 2.05) is 47.2 Å². The van der Waals surface area contributed by atoms with Crippen molar-refractivity contribution in [3.05, 3.63) is 83.1 Å². The third-order valence-electron chi connectivity index (χ3n) is 5.72. The molecule has 0 aliphatic heterocycles. The van der Waals surface area contributed by atoms with Crippen molar-refractivity contribution in [3.63, 3.8) is 0 Å². The molecule has 3 aromatic heterocycles. The number of rotatable bonds is 6. The van der Waals surface area contributed by atoms with Crippen LogP contribution in [0.1, 0.15) is 5.56 Å². The molecular weight excluding hydrogens is 544 g/mol. The van der Waals surface area contributed by atoms with Crippen LogP contribution in [0.15, 0.2) is 82.4 Å². The van der Waals surface area contributed by atoms with Crippen LogP contribution in [0.2, 0.25) is 0 Å². The van der Waals surface area contributed by atoms with Gasteiger partial charge in [-0.15, -0.1) is 0 Å². The third-order valence-corrected chi connectivity index (χ3v) is 7.93. The van der Waals surface area contributed by atoms with Crippen LogP contribution in [0.5, 0.6) is 0 Å². The minimum Gasteiger partial charge on any atom is -0.383 e. The van der Waals surface area contributed by atoms with E-state index < -0.39 is 10.0 Å². The Hall–Kier alpha value is -4.09. The molecule has 0 aliphatic carbocycles. The van der Waals surface area contributed by atoms with E-state index in [2.05, 4.69) is 26.0 Å². The summed E-state index contributed by atoms with van der Waals surface area (Å²) in [6, 6.07) is 18.6. The largest absolute Gasteiger partial charge is 0.383 e. The van der Waals surface area contributed by atoms with Gasteiger partial charge in [0.15, 0.2) is 5.65 Å². The molecule has 11 heteroatoms. The molecule has 0 radical (unpaired) electrons. The van der Waals surface area contributed by atoms with E-state index >= 15 is 0 Å². The first-order valence-corrected chi connectivity index (χ1v) is 13.0. The van der Waals surface area contributed by atoms with Crippen molar-refractivity contribution in [3.8, 4) is 33.6 Å². The lowest BCUT2D eigenvalue weighted by Gasteiger charge is -2.12. The average Bonchev–Trinajstić information content (AvgIpc) is 3.31. The number of aryl methyl sites for hydroxylation is 1. The fraction of sp³-hybridized carbons (Fsp3) is 0.0400. The highest BCUT2D eigenvalue weighted by molar-refractivity contribution is 9.10. The second-order valence-corrected chi connectivity index (χ2v) is 10.4. The van der Waals surface area contributed by atoms with Gasteiger partial charge in [0.1, 0.15) is 5.82 Å². The maximum absolute atomic E-state index is 12.5. The quantitative estimate of drug-likeness (QED) is 0.296. The number of anilines is 1. The van der Waals surface area contributed by atoms with Gasteiger partial charge in [0.05, 0.1) is 27.0 Å². The summed E-state index contributed by atoms with van der Waals surface area (Å²) in [7, 11) is -4.02. The lowest BCUT2D eigenvalue weighted by Crippen LogP contribution is -2.22. The number of nitrogens with one attached hydrogen (secondary N) is 1. The van der Waals surface area contributed by atoms with E-state index in [0.717, 1.165) is 16.8 Å². The van der Waals surface area contributed by atoms with E-state index in [-0.39, 0.29) is 11.3 Å². The van der Waals surface area contributed by atoms with Gasteiger partial charge < -0.3 is 5.73 Å². The van der Waals surface area contributed by atoms with Crippen molar-refractivity contribution in [2.75, 3.05) is 5.73 Å². The van der Waals surface area contributed by atoms with E-state index in [0.29, 0.717) is 38.3 Å². The number of hydrogen-bond acceptors (Lipinski definition) is 7. The Labute approximate surface area is 215 Å². The number of nitrogen functional groups attached to an aromatic ring is 1. The summed E-state index contributed by atoms with van der Waals surface area (Å²) in [5, 5.41) is 4.39. The highest BCUT2D eigenvalue weighted by Gasteiger charge is 2.21. The summed E-state index contributed by atoms with van der Waals surface area (Å²) in [5.41, 5.74) is 11.6. The van der Waals surface area contributed by atoms with Crippen molar-refractivity contribution >= 4 is 43.8 Å². The lowest BCUT2D eigenvalue weighted by atomic mass is 10.1. The van der Waals surface area contributed by atoms with E-state index in [9.17, 15) is 13.2 Å². The topological polar surface area (TPSA) is 132 Å². The van der Waals surface area contributed by atoms with Crippen LogP contribution in [-0.4, -0.2) is 34.4 Å². The first-order valence-electron chi connectivity index (χ1n) is 10.7. The Kier molecular flexibility index (Phi) is 6.02. The SMILES string of the molecule is Cc1ccc(-c2nc3c(-c4ccc(-c5ccccc5)nc4)cnn3c(N)c2Br)cc1S(=O)(=O)NC=O. The summed E-state index contributed by atoms with van der Waals surface area (Å²) in [6.45, 7) is 1.64. The number of amides is 1. The summed E-state index contributed by atoms with van der Waals surface area (Å²) in [6.07, 6.45) is 3.54. The maximum Gasteiger partial charge on any atom is 0.264 e. The van der Waals surface area contributed by atoms with Crippen LogP contribution in [0, 0.1) is 6.92 Å². The van der Waals surface area contributed by atoms with E-state index in [4.69, 9.17) is 10.7 Å². The van der Waals surface area contributed by atoms with Gasteiger partial charge in [-0.2, -0.15) is 9.61 Å². The summed E-state index contributed by atoms with van der Waals surface area (Å²) < 4.78 is 28.9. The molecule has 0 saturated heterocycles. The predicted molar refractivity (Wildman–Crippen MR) is 140 cm³/mol. The zero-order chi connectivity index (χ0) is 25.4. The minimum absolute atomic E-state index is 0.0336. The first-order chi connectivity index (χ1) is 17.3. The molecule has 0 aliphatic rings. The molecule has 0 bridgehead atoms. The number of carbonyl (C=O) groups is 1. The maximum atomic E-state index is 12.5. The zero-order valence-electron chi connectivity index (χ0n) is 18.9. The van der Waals surface area contributed by atoms with Gasteiger partial charge in [-0.3, -0.25) is 14.5 Å². The van der Waals surface area contributed by atoms with Crippen LogP contribution < -0.4 is 10.5 Å². The Bertz CT molecular complexity index is 1720. The molecule has 1 amide bonds. The monoisotopic (exact) mass is 562 g/mol. The van der Waals surface area contributed by atoms with Crippen LogP contribution in [0.3, 0.4) is 0 Å². The Balaban J connectivity index is 1.63. The molecule has 0 saturated carbocycles. The molecule has 0 unspecified atom stereocenters. The van der Waals surface area contributed by atoms with Gasteiger partial charge in [-0.1, -0.05) is 48.5 Å². The van der Waals surface area contributed by atoms with E-state index in [1.54, 1.807) is 31.5 Å². The van der Waals surface area contributed by atoms with Gasteiger partial charge in [-0.25, -0.2) is 13.4 Å². The molecule has 3 heterocycles. The molecule has 2 aromatic carbocycles. The molecule has 9 nitrogen and oxygen atoms in total. The standard InChI is InChI=1S/C25H19BrN6O3S/c1-15-7-8-17(11-21(15)36(34,35)30-14-33)23-22(26)24(27)32-25(31-23)19(13-29-32)18-9-10-20(28-12-18)16-5-3-2-4-6-16/h2-14H,27H2,1H3,(H,30,33). The molecular formula is C25H19BrN6O3S. The normalized spacial score (nSPS) is 11.5. The molecule has 0 fully saturated rings. The summed E-state index contributed by atoms with van der Waals surface area (Å²) in [5.74, 6) is 0.297. The molecule has 5 rings (SSSR count). The molecule has 3 N–H and O–H groups in total. The number of hydrogen-bond donors (Lipinski definition) is 2.